The van der Waals surface area contributed by atoms with Crippen LogP contribution in [0.15, 0.2) is 66.9 Å². The quantitative estimate of drug-likeness (QED) is 0.725. The molecule has 2 aromatic carbocycles. The molecule has 0 radical (unpaired) electrons. The van der Waals surface area contributed by atoms with E-state index in [1.807, 2.05) is 60.7 Å². The molecule has 0 aliphatic rings. The first-order valence-corrected chi connectivity index (χ1v) is 7.34. The van der Waals surface area contributed by atoms with Gasteiger partial charge in [-0.2, -0.15) is 0 Å². The number of para-hydroxylation sites is 1. The molecule has 4 nitrogen and oxygen atoms in total. The lowest BCUT2D eigenvalue weighted by molar-refractivity contribution is 0.0944. The third kappa shape index (κ3) is 2.99. The Balaban J connectivity index is 1.83. The van der Waals surface area contributed by atoms with Crippen molar-refractivity contribution in [1.29, 1.82) is 0 Å². The lowest BCUT2D eigenvalue weighted by Crippen LogP contribution is -2.25. The Morgan fingerprint density at radius 1 is 1.05 bits per heavy atom. The van der Waals surface area contributed by atoms with Gasteiger partial charge in [0.2, 0.25) is 0 Å². The minimum Gasteiger partial charge on any atom is -0.347 e. The van der Waals surface area contributed by atoms with Crippen molar-refractivity contribution in [2.24, 2.45) is 0 Å². The second kappa shape index (κ2) is 6.41. The summed E-state index contributed by atoms with van der Waals surface area (Å²) in [5.41, 5.74) is 2.40. The second-order valence-corrected chi connectivity index (χ2v) is 5.21. The molecule has 2 N–H and O–H groups in total. The van der Waals surface area contributed by atoms with Gasteiger partial charge in [0.15, 0.2) is 4.77 Å². The number of imidazole rings is 1. The van der Waals surface area contributed by atoms with E-state index in [2.05, 4.69) is 10.3 Å². The Kier molecular flexibility index (Phi) is 4.16. The van der Waals surface area contributed by atoms with Gasteiger partial charge in [-0.25, -0.2) is 0 Å². The van der Waals surface area contributed by atoms with Crippen molar-refractivity contribution in [1.82, 2.24) is 14.9 Å². The van der Waals surface area contributed by atoms with Crippen LogP contribution in [0.2, 0.25) is 0 Å². The van der Waals surface area contributed by atoms with E-state index < -0.39 is 0 Å². The Labute approximate surface area is 133 Å². The lowest BCUT2D eigenvalue weighted by Gasteiger charge is -2.09. The Bertz CT molecular complexity index is 822. The van der Waals surface area contributed by atoms with Crippen LogP contribution in [0.1, 0.15) is 16.1 Å². The minimum absolute atomic E-state index is 0.167. The Hall–Kier alpha value is -2.66. The van der Waals surface area contributed by atoms with Crippen molar-refractivity contribution in [3.05, 3.63) is 82.9 Å². The molecule has 3 aromatic rings. The maximum atomic E-state index is 12.4. The molecule has 5 heteroatoms. The van der Waals surface area contributed by atoms with Crippen LogP contribution in [0, 0.1) is 4.77 Å². The maximum absolute atomic E-state index is 12.4. The summed E-state index contributed by atoms with van der Waals surface area (Å²) in [5, 5.41) is 2.91. The second-order valence-electron chi connectivity index (χ2n) is 4.82. The topological polar surface area (TPSA) is 49.8 Å². The summed E-state index contributed by atoms with van der Waals surface area (Å²) >= 11 is 5.28. The SMILES string of the molecule is O=C(NCc1ccccc1)c1c[nH]c(=S)n1-c1ccccc1. The molecule has 0 bridgehead atoms. The molecule has 110 valence electrons. The summed E-state index contributed by atoms with van der Waals surface area (Å²) in [5.74, 6) is -0.167. The van der Waals surface area contributed by atoms with Gasteiger partial charge in [-0.05, 0) is 29.9 Å². The van der Waals surface area contributed by atoms with E-state index in [-0.39, 0.29) is 5.91 Å². The standard InChI is InChI=1S/C17H15N3OS/c21-16(18-11-13-7-3-1-4-8-13)15-12-19-17(22)20(15)14-9-5-2-6-10-14/h1-10,12H,11H2,(H,18,21)(H,19,22). The molecule has 0 unspecified atom stereocenters. The molecule has 0 atom stereocenters. The first kappa shape index (κ1) is 14.3. The van der Waals surface area contributed by atoms with E-state index in [1.165, 1.54) is 0 Å². The van der Waals surface area contributed by atoms with Gasteiger partial charge in [-0.1, -0.05) is 48.5 Å². The highest BCUT2D eigenvalue weighted by atomic mass is 32.1. The molecular weight excluding hydrogens is 294 g/mol. The normalized spacial score (nSPS) is 10.4. The molecule has 22 heavy (non-hydrogen) atoms. The number of aromatic amines is 1. The number of benzene rings is 2. The molecular formula is C17H15N3OS. The third-order valence-electron chi connectivity index (χ3n) is 3.32. The van der Waals surface area contributed by atoms with Crippen LogP contribution >= 0.6 is 12.2 Å². The molecule has 0 fully saturated rings. The van der Waals surface area contributed by atoms with Gasteiger partial charge in [0.1, 0.15) is 5.69 Å². The predicted molar refractivity (Wildman–Crippen MR) is 88.6 cm³/mol. The molecule has 1 aromatic heterocycles. The molecule has 0 aliphatic carbocycles. The van der Waals surface area contributed by atoms with Gasteiger partial charge in [0, 0.05) is 18.4 Å². The fourth-order valence-corrected chi connectivity index (χ4v) is 2.50. The third-order valence-corrected chi connectivity index (χ3v) is 3.62. The molecule has 0 aliphatic heterocycles. The van der Waals surface area contributed by atoms with Crippen LogP contribution in [-0.2, 0) is 6.54 Å². The number of carbonyl (C=O) groups is 1. The number of hydrogen-bond acceptors (Lipinski definition) is 2. The summed E-state index contributed by atoms with van der Waals surface area (Å²) in [6, 6.07) is 19.4. The largest absolute Gasteiger partial charge is 0.347 e. The van der Waals surface area contributed by atoms with Crippen LogP contribution in [0.3, 0.4) is 0 Å². The van der Waals surface area contributed by atoms with E-state index in [9.17, 15) is 4.79 Å². The number of nitrogens with zero attached hydrogens (tertiary/aromatic N) is 1. The van der Waals surface area contributed by atoms with Crippen LogP contribution in [0.5, 0.6) is 0 Å². The highest BCUT2D eigenvalue weighted by molar-refractivity contribution is 7.71. The average molecular weight is 309 g/mol. The monoisotopic (exact) mass is 309 g/mol. The summed E-state index contributed by atoms with van der Waals surface area (Å²) in [7, 11) is 0. The average Bonchev–Trinajstić information content (AvgIpc) is 2.96. The maximum Gasteiger partial charge on any atom is 0.270 e. The van der Waals surface area contributed by atoms with Gasteiger partial charge in [-0.3, -0.25) is 9.36 Å². The molecule has 0 spiro atoms. The highest BCUT2D eigenvalue weighted by Crippen LogP contribution is 2.12. The fourth-order valence-electron chi connectivity index (χ4n) is 2.24. The van der Waals surface area contributed by atoms with Crippen molar-refractivity contribution in [3.63, 3.8) is 0 Å². The molecule has 3 rings (SSSR count). The van der Waals surface area contributed by atoms with Gasteiger partial charge >= 0.3 is 0 Å². The van der Waals surface area contributed by atoms with Crippen molar-refractivity contribution in [2.45, 2.75) is 6.54 Å². The van der Waals surface area contributed by atoms with Crippen LogP contribution in [-0.4, -0.2) is 15.5 Å². The van der Waals surface area contributed by atoms with Gasteiger partial charge < -0.3 is 10.3 Å². The van der Waals surface area contributed by atoms with E-state index in [0.29, 0.717) is 17.0 Å². The fraction of sp³-hybridized carbons (Fsp3) is 0.0588. The zero-order chi connectivity index (χ0) is 15.4. The van der Waals surface area contributed by atoms with Crippen molar-refractivity contribution < 1.29 is 4.79 Å². The van der Waals surface area contributed by atoms with Gasteiger partial charge in [0.25, 0.3) is 5.91 Å². The number of H-pyrrole nitrogens is 1. The van der Waals surface area contributed by atoms with E-state index in [0.717, 1.165) is 11.3 Å². The van der Waals surface area contributed by atoms with Gasteiger partial charge in [-0.15, -0.1) is 0 Å². The molecule has 0 saturated heterocycles. The van der Waals surface area contributed by atoms with Crippen molar-refractivity contribution in [3.8, 4) is 5.69 Å². The number of rotatable bonds is 4. The Morgan fingerprint density at radius 2 is 1.68 bits per heavy atom. The molecule has 1 amide bonds. The number of amides is 1. The lowest BCUT2D eigenvalue weighted by atomic mass is 10.2. The summed E-state index contributed by atoms with van der Waals surface area (Å²) in [6.45, 7) is 0.479. The summed E-state index contributed by atoms with van der Waals surface area (Å²) in [4.78, 5) is 15.4. The van der Waals surface area contributed by atoms with Crippen LogP contribution < -0.4 is 5.32 Å². The molecule has 0 saturated carbocycles. The smallest absolute Gasteiger partial charge is 0.270 e. The number of carbonyl (C=O) groups excluding carboxylic acids is 1. The highest BCUT2D eigenvalue weighted by Gasteiger charge is 2.13. The molecule has 1 heterocycles. The number of hydrogen-bond donors (Lipinski definition) is 2. The Morgan fingerprint density at radius 3 is 2.36 bits per heavy atom. The number of nitrogens with one attached hydrogen (secondary N) is 2. The predicted octanol–water partition coefficient (Wildman–Crippen LogP) is 3.46. The first-order valence-electron chi connectivity index (χ1n) is 6.93. The first-order chi connectivity index (χ1) is 10.8. The van der Waals surface area contributed by atoms with E-state index >= 15 is 0 Å². The van der Waals surface area contributed by atoms with E-state index in [4.69, 9.17) is 12.2 Å². The van der Waals surface area contributed by atoms with Crippen molar-refractivity contribution >= 4 is 18.1 Å². The zero-order valence-corrected chi connectivity index (χ0v) is 12.6. The summed E-state index contributed by atoms with van der Waals surface area (Å²) in [6.07, 6.45) is 1.63. The minimum atomic E-state index is -0.167. The van der Waals surface area contributed by atoms with Crippen molar-refractivity contribution in [2.75, 3.05) is 0 Å². The van der Waals surface area contributed by atoms with E-state index in [1.54, 1.807) is 10.8 Å². The van der Waals surface area contributed by atoms with Gasteiger partial charge in [0.05, 0.1) is 0 Å². The van der Waals surface area contributed by atoms with Crippen LogP contribution in [0.4, 0.5) is 0 Å². The van der Waals surface area contributed by atoms with Crippen LogP contribution in [0.25, 0.3) is 5.69 Å². The zero-order valence-electron chi connectivity index (χ0n) is 11.8. The summed E-state index contributed by atoms with van der Waals surface area (Å²) < 4.78 is 2.23. The number of aromatic nitrogens is 2.